The first kappa shape index (κ1) is 15.1. The molecule has 0 aromatic heterocycles. The summed E-state index contributed by atoms with van der Waals surface area (Å²) in [4.78, 5) is 21.9. The molecule has 0 saturated heterocycles. The number of carboxylic acids is 1. The number of carboxylic acid groups (broad SMARTS) is 1. The van der Waals surface area contributed by atoms with E-state index >= 15 is 0 Å². The minimum atomic E-state index is -1.05. The van der Waals surface area contributed by atoms with Gasteiger partial charge in [-0.2, -0.15) is 0 Å². The molecule has 1 saturated carbocycles. The first-order valence-corrected chi connectivity index (χ1v) is 6.19. The van der Waals surface area contributed by atoms with E-state index < -0.39 is 30.2 Å². The second-order valence-electron chi connectivity index (χ2n) is 4.87. The average molecular weight is 260 g/mol. The van der Waals surface area contributed by atoms with Crippen LogP contribution in [0.3, 0.4) is 0 Å². The van der Waals surface area contributed by atoms with Gasteiger partial charge in [-0.15, -0.1) is 0 Å². The highest BCUT2D eigenvalue weighted by atomic mass is 16.4. The van der Waals surface area contributed by atoms with Crippen LogP contribution in [-0.4, -0.2) is 50.5 Å². The fraction of sp³-hybridized carbons (Fsp3) is 0.833. The molecule has 1 fully saturated rings. The van der Waals surface area contributed by atoms with Crippen molar-refractivity contribution >= 4 is 11.8 Å². The lowest BCUT2D eigenvalue weighted by atomic mass is 9.94. The summed E-state index contributed by atoms with van der Waals surface area (Å²) in [7, 11) is 0. The van der Waals surface area contributed by atoms with E-state index in [2.05, 4.69) is 0 Å². The third-order valence-electron chi connectivity index (χ3n) is 3.37. The Bertz CT molecular complexity index is 303. The normalized spacial score (nSPS) is 31.5. The van der Waals surface area contributed by atoms with Gasteiger partial charge < -0.3 is 20.4 Å². The SMILES string of the molecule is O=C(O)CCCCC(=O)CC1C(O)CC(O)C1O. The largest absolute Gasteiger partial charge is 0.481 e. The predicted molar refractivity (Wildman–Crippen MR) is 61.9 cm³/mol. The Labute approximate surface area is 105 Å². The molecular weight excluding hydrogens is 240 g/mol. The number of aliphatic hydroxyl groups excluding tert-OH is 3. The molecule has 4 N–H and O–H groups in total. The number of hydrogen-bond donors (Lipinski definition) is 4. The first-order valence-electron chi connectivity index (χ1n) is 6.19. The van der Waals surface area contributed by atoms with E-state index in [-0.39, 0.29) is 31.5 Å². The predicted octanol–water partition coefficient (Wildman–Crippen LogP) is -0.307. The summed E-state index contributed by atoms with van der Waals surface area (Å²) in [6.45, 7) is 0. The van der Waals surface area contributed by atoms with Crippen LogP contribution in [-0.2, 0) is 9.59 Å². The highest BCUT2D eigenvalue weighted by Crippen LogP contribution is 2.30. The fourth-order valence-corrected chi connectivity index (χ4v) is 2.29. The van der Waals surface area contributed by atoms with Crippen LogP contribution < -0.4 is 0 Å². The van der Waals surface area contributed by atoms with Gasteiger partial charge in [0.1, 0.15) is 5.78 Å². The van der Waals surface area contributed by atoms with Crippen LogP contribution in [0.1, 0.15) is 38.5 Å². The number of hydrogen-bond acceptors (Lipinski definition) is 5. The number of aliphatic carboxylic acids is 1. The minimum absolute atomic E-state index is 0.0342. The van der Waals surface area contributed by atoms with E-state index in [4.69, 9.17) is 5.11 Å². The zero-order valence-electron chi connectivity index (χ0n) is 10.2. The molecule has 1 rings (SSSR count). The number of rotatable bonds is 7. The lowest BCUT2D eigenvalue weighted by Gasteiger charge is -2.17. The van der Waals surface area contributed by atoms with Crippen LogP contribution in [0.25, 0.3) is 0 Å². The summed E-state index contributed by atoms with van der Waals surface area (Å²) in [5.41, 5.74) is 0. The van der Waals surface area contributed by atoms with E-state index in [1.165, 1.54) is 0 Å². The van der Waals surface area contributed by atoms with Crippen molar-refractivity contribution in [2.75, 3.05) is 0 Å². The van der Waals surface area contributed by atoms with Crippen molar-refractivity contribution in [2.45, 2.75) is 56.8 Å². The third-order valence-corrected chi connectivity index (χ3v) is 3.37. The number of unbranched alkanes of at least 4 members (excludes halogenated alkanes) is 1. The standard InChI is InChI=1S/C12H20O6/c13-7(3-1-2-4-11(16)17)5-8-9(14)6-10(15)12(8)18/h8-10,12,14-15,18H,1-6H2,(H,16,17). The summed E-state index contributed by atoms with van der Waals surface area (Å²) in [6, 6.07) is 0. The molecule has 4 unspecified atom stereocenters. The van der Waals surface area contributed by atoms with Crippen LogP contribution in [0, 0.1) is 5.92 Å². The van der Waals surface area contributed by atoms with Gasteiger partial charge in [0.05, 0.1) is 18.3 Å². The van der Waals surface area contributed by atoms with Crippen LogP contribution in [0.15, 0.2) is 0 Å². The molecule has 0 radical (unpaired) electrons. The Morgan fingerprint density at radius 3 is 2.11 bits per heavy atom. The number of carbonyl (C=O) groups is 2. The Morgan fingerprint density at radius 1 is 1.00 bits per heavy atom. The van der Waals surface area contributed by atoms with Gasteiger partial charge in [0.15, 0.2) is 0 Å². The molecule has 6 heteroatoms. The van der Waals surface area contributed by atoms with Crippen molar-refractivity contribution in [2.24, 2.45) is 5.92 Å². The first-order chi connectivity index (χ1) is 8.41. The van der Waals surface area contributed by atoms with Gasteiger partial charge in [-0.1, -0.05) is 0 Å². The lowest BCUT2D eigenvalue weighted by Crippen LogP contribution is -2.29. The zero-order valence-corrected chi connectivity index (χ0v) is 10.2. The van der Waals surface area contributed by atoms with Crippen LogP contribution in [0.5, 0.6) is 0 Å². The smallest absolute Gasteiger partial charge is 0.303 e. The Morgan fingerprint density at radius 2 is 1.61 bits per heavy atom. The maximum absolute atomic E-state index is 11.6. The van der Waals surface area contributed by atoms with Crippen molar-refractivity contribution in [3.05, 3.63) is 0 Å². The molecule has 0 aromatic rings. The second kappa shape index (κ2) is 6.82. The molecule has 1 aliphatic carbocycles. The van der Waals surface area contributed by atoms with Gasteiger partial charge in [-0.05, 0) is 12.8 Å². The second-order valence-corrected chi connectivity index (χ2v) is 4.87. The molecule has 0 aromatic carbocycles. The van der Waals surface area contributed by atoms with Crippen molar-refractivity contribution in [1.82, 2.24) is 0 Å². The molecule has 18 heavy (non-hydrogen) atoms. The Balaban J connectivity index is 2.25. The summed E-state index contributed by atoms with van der Waals surface area (Å²) in [6.07, 6.45) is -1.51. The van der Waals surface area contributed by atoms with Gasteiger partial charge >= 0.3 is 5.97 Å². The molecule has 0 heterocycles. The average Bonchev–Trinajstić information content (AvgIpc) is 2.51. The summed E-state index contributed by atoms with van der Waals surface area (Å²) in [5.74, 6) is -1.60. The third kappa shape index (κ3) is 4.36. The number of Topliss-reactive ketones (excluding diaryl/α,β-unsaturated/α-hetero) is 1. The molecule has 1 aliphatic rings. The van der Waals surface area contributed by atoms with Gasteiger partial charge in [0.25, 0.3) is 0 Å². The molecule has 104 valence electrons. The van der Waals surface area contributed by atoms with E-state index in [0.717, 1.165) is 0 Å². The molecular formula is C12H20O6. The molecule has 0 spiro atoms. The highest BCUT2D eigenvalue weighted by molar-refractivity contribution is 5.78. The minimum Gasteiger partial charge on any atom is -0.481 e. The number of ketones is 1. The van der Waals surface area contributed by atoms with E-state index in [1.807, 2.05) is 0 Å². The summed E-state index contributed by atoms with van der Waals surface area (Å²) < 4.78 is 0. The maximum Gasteiger partial charge on any atom is 0.303 e. The fourth-order valence-electron chi connectivity index (χ4n) is 2.29. The molecule has 6 nitrogen and oxygen atoms in total. The molecule has 0 aliphatic heterocycles. The van der Waals surface area contributed by atoms with Crippen LogP contribution in [0.2, 0.25) is 0 Å². The quantitative estimate of drug-likeness (QED) is 0.467. The summed E-state index contributed by atoms with van der Waals surface area (Å²) >= 11 is 0. The maximum atomic E-state index is 11.6. The zero-order chi connectivity index (χ0) is 13.7. The van der Waals surface area contributed by atoms with E-state index in [9.17, 15) is 24.9 Å². The van der Waals surface area contributed by atoms with Crippen molar-refractivity contribution < 1.29 is 30.0 Å². The molecule has 4 atom stereocenters. The van der Waals surface area contributed by atoms with E-state index in [1.54, 1.807) is 0 Å². The summed E-state index contributed by atoms with van der Waals surface area (Å²) in [5, 5.41) is 36.9. The van der Waals surface area contributed by atoms with Crippen molar-refractivity contribution in [3.8, 4) is 0 Å². The highest BCUT2D eigenvalue weighted by Gasteiger charge is 2.41. The van der Waals surface area contributed by atoms with Gasteiger partial charge in [0, 0.05) is 31.6 Å². The van der Waals surface area contributed by atoms with E-state index in [0.29, 0.717) is 12.8 Å². The number of aliphatic hydroxyl groups is 3. The lowest BCUT2D eigenvalue weighted by molar-refractivity contribution is -0.137. The van der Waals surface area contributed by atoms with Gasteiger partial charge in [-0.3, -0.25) is 9.59 Å². The Kier molecular flexibility index (Phi) is 5.71. The molecule has 0 bridgehead atoms. The van der Waals surface area contributed by atoms with Crippen molar-refractivity contribution in [3.63, 3.8) is 0 Å². The van der Waals surface area contributed by atoms with Crippen molar-refractivity contribution in [1.29, 1.82) is 0 Å². The molecule has 0 amide bonds. The van der Waals surface area contributed by atoms with Gasteiger partial charge in [-0.25, -0.2) is 0 Å². The topological polar surface area (TPSA) is 115 Å². The monoisotopic (exact) mass is 260 g/mol. The van der Waals surface area contributed by atoms with Gasteiger partial charge in [0.2, 0.25) is 0 Å². The van der Waals surface area contributed by atoms with Crippen LogP contribution >= 0.6 is 0 Å². The number of carbonyl (C=O) groups excluding carboxylic acids is 1. The Hall–Kier alpha value is -0.980. The van der Waals surface area contributed by atoms with Crippen LogP contribution in [0.4, 0.5) is 0 Å².